The summed E-state index contributed by atoms with van der Waals surface area (Å²) in [6.45, 7) is 0. The van der Waals surface area contributed by atoms with Crippen LogP contribution in [0.4, 0.5) is 13.2 Å². The van der Waals surface area contributed by atoms with E-state index in [1.807, 2.05) is 0 Å². The van der Waals surface area contributed by atoms with Crippen molar-refractivity contribution in [3.8, 4) is 5.75 Å². The van der Waals surface area contributed by atoms with Gasteiger partial charge >= 0.3 is 6.18 Å². The predicted molar refractivity (Wildman–Crippen MR) is 65.5 cm³/mol. The number of alkyl halides is 3. The molecule has 0 aliphatic rings. The molecule has 1 aromatic carbocycles. The lowest BCUT2D eigenvalue weighted by Crippen LogP contribution is -2.26. The zero-order chi connectivity index (χ0) is 14.6. The third-order valence-corrected chi connectivity index (χ3v) is 2.58. The van der Waals surface area contributed by atoms with Crippen molar-refractivity contribution in [1.29, 1.82) is 0 Å². The van der Waals surface area contributed by atoms with E-state index in [0.717, 1.165) is 0 Å². The van der Waals surface area contributed by atoms with E-state index >= 15 is 0 Å². The number of aromatic nitrogens is 1. The number of hydrogen-bond acceptors (Lipinski definition) is 3. The molecule has 0 aliphatic carbocycles. The van der Waals surface area contributed by atoms with E-state index in [2.05, 4.69) is 4.98 Å². The highest BCUT2D eigenvalue weighted by Gasteiger charge is 2.43. The molecule has 1 unspecified atom stereocenters. The Morgan fingerprint density at radius 3 is 2.15 bits per heavy atom. The number of aldehydes is 1. The van der Waals surface area contributed by atoms with Crippen LogP contribution in [0, 0.1) is 0 Å². The standard InChI is InChI=1S/C14H10F3NO2/c15-14(16,17)13(11-5-7-18-8-6-11)20-12-3-1-10(9-19)2-4-12/h1-9,13H. The summed E-state index contributed by atoms with van der Waals surface area (Å²) < 4.78 is 44.1. The van der Waals surface area contributed by atoms with Crippen molar-refractivity contribution in [1.82, 2.24) is 4.98 Å². The Labute approximate surface area is 113 Å². The molecule has 1 heterocycles. The van der Waals surface area contributed by atoms with Gasteiger partial charge in [0, 0.05) is 23.5 Å². The summed E-state index contributed by atoms with van der Waals surface area (Å²) >= 11 is 0. The van der Waals surface area contributed by atoms with E-state index in [1.54, 1.807) is 0 Å². The second-order valence-electron chi connectivity index (χ2n) is 4.01. The molecule has 6 heteroatoms. The fraction of sp³-hybridized carbons (Fsp3) is 0.143. The minimum Gasteiger partial charge on any atom is -0.476 e. The summed E-state index contributed by atoms with van der Waals surface area (Å²) in [6.07, 6.45) is -3.48. The van der Waals surface area contributed by atoms with Gasteiger partial charge < -0.3 is 4.74 Å². The summed E-state index contributed by atoms with van der Waals surface area (Å²) in [5, 5.41) is 0. The Morgan fingerprint density at radius 2 is 1.65 bits per heavy atom. The molecule has 0 N–H and O–H groups in total. The van der Waals surface area contributed by atoms with Gasteiger partial charge in [0.05, 0.1) is 0 Å². The Bertz CT molecular complexity index is 567. The maximum atomic E-state index is 13.0. The minimum absolute atomic E-state index is 0.0352. The van der Waals surface area contributed by atoms with E-state index < -0.39 is 12.3 Å². The van der Waals surface area contributed by atoms with E-state index in [1.165, 1.54) is 48.8 Å². The lowest BCUT2D eigenvalue weighted by Gasteiger charge is -2.22. The SMILES string of the molecule is O=Cc1ccc(OC(c2ccncc2)C(F)(F)F)cc1. The number of rotatable bonds is 4. The summed E-state index contributed by atoms with van der Waals surface area (Å²) in [4.78, 5) is 14.2. The molecule has 0 fully saturated rings. The second-order valence-corrected chi connectivity index (χ2v) is 4.01. The molecule has 0 spiro atoms. The number of pyridine rings is 1. The van der Waals surface area contributed by atoms with E-state index in [4.69, 9.17) is 4.74 Å². The molecule has 104 valence electrons. The zero-order valence-electron chi connectivity index (χ0n) is 10.2. The van der Waals surface area contributed by atoms with Crippen LogP contribution in [-0.2, 0) is 0 Å². The molecule has 20 heavy (non-hydrogen) atoms. The topological polar surface area (TPSA) is 39.2 Å². The number of carbonyl (C=O) groups is 1. The predicted octanol–water partition coefficient (Wildman–Crippen LogP) is 3.58. The van der Waals surface area contributed by atoms with Crippen molar-refractivity contribution in [3.05, 3.63) is 59.9 Å². The van der Waals surface area contributed by atoms with Gasteiger partial charge in [0.2, 0.25) is 6.10 Å². The highest BCUT2D eigenvalue weighted by atomic mass is 19.4. The van der Waals surface area contributed by atoms with Crippen molar-refractivity contribution in [3.63, 3.8) is 0 Å². The summed E-state index contributed by atoms with van der Waals surface area (Å²) in [6, 6.07) is 7.92. The zero-order valence-corrected chi connectivity index (χ0v) is 10.2. The van der Waals surface area contributed by atoms with E-state index in [-0.39, 0.29) is 11.3 Å². The first-order valence-corrected chi connectivity index (χ1v) is 5.69. The Balaban J connectivity index is 2.26. The van der Waals surface area contributed by atoms with Crippen LogP contribution in [0.1, 0.15) is 22.0 Å². The number of hydrogen-bond donors (Lipinski definition) is 0. The molecular formula is C14H10F3NO2. The normalized spacial score (nSPS) is 12.8. The van der Waals surface area contributed by atoms with Crippen LogP contribution in [0.15, 0.2) is 48.8 Å². The first-order chi connectivity index (χ1) is 9.50. The fourth-order valence-electron chi connectivity index (χ4n) is 1.62. The molecule has 1 atom stereocenters. The molecule has 2 aromatic rings. The first-order valence-electron chi connectivity index (χ1n) is 5.69. The molecule has 0 aliphatic heterocycles. The maximum Gasteiger partial charge on any atom is 0.429 e. The summed E-state index contributed by atoms with van der Waals surface area (Å²) in [5.74, 6) is 0.0368. The van der Waals surface area contributed by atoms with Crippen LogP contribution >= 0.6 is 0 Å². The van der Waals surface area contributed by atoms with E-state index in [9.17, 15) is 18.0 Å². The third kappa shape index (κ3) is 3.34. The number of halogens is 3. The van der Waals surface area contributed by atoms with Crippen molar-refractivity contribution in [2.24, 2.45) is 0 Å². The van der Waals surface area contributed by atoms with Crippen molar-refractivity contribution < 1.29 is 22.7 Å². The van der Waals surface area contributed by atoms with Gasteiger partial charge in [0.15, 0.2) is 0 Å². The van der Waals surface area contributed by atoms with Gasteiger partial charge in [-0.1, -0.05) is 0 Å². The summed E-state index contributed by atoms with van der Waals surface area (Å²) in [7, 11) is 0. The van der Waals surface area contributed by atoms with Crippen molar-refractivity contribution >= 4 is 6.29 Å². The number of benzene rings is 1. The van der Waals surface area contributed by atoms with Gasteiger partial charge in [0.25, 0.3) is 0 Å². The smallest absolute Gasteiger partial charge is 0.429 e. The van der Waals surface area contributed by atoms with Gasteiger partial charge in [0.1, 0.15) is 12.0 Å². The van der Waals surface area contributed by atoms with Crippen LogP contribution in [0.25, 0.3) is 0 Å². The third-order valence-electron chi connectivity index (χ3n) is 2.58. The van der Waals surface area contributed by atoms with Crippen LogP contribution in [0.2, 0.25) is 0 Å². The first kappa shape index (κ1) is 14.0. The molecular weight excluding hydrogens is 271 g/mol. The van der Waals surface area contributed by atoms with Gasteiger partial charge in [-0.15, -0.1) is 0 Å². The minimum atomic E-state index is -4.55. The fourth-order valence-corrected chi connectivity index (χ4v) is 1.62. The monoisotopic (exact) mass is 281 g/mol. The molecule has 0 bridgehead atoms. The maximum absolute atomic E-state index is 13.0. The molecule has 1 aromatic heterocycles. The van der Waals surface area contributed by atoms with Crippen LogP contribution in [0.3, 0.4) is 0 Å². The van der Waals surface area contributed by atoms with Crippen LogP contribution in [0.5, 0.6) is 5.75 Å². The highest BCUT2D eigenvalue weighted by molar-refractivity contribution is 5.74. The number of ether oxygens (including phenoxy) is 1. The average Bonchev–Trinajstić information content (AvgIpc) is 2.45. The highest BCUT2D eigenvalue weighted by Crippen LogP contribution is 2.36. The lowest BCUT2D eigenvalue weighted by atomic mass is 10.1. The largest absolute Gasteiger partial charge is 0.476 e. The summed E-state index contributed by atoms with van der Waals surface area (Å²) in [5.41, 5.74) is 0.330. The molecule has 3 nitrogen and oxygen atoms in total. The van der Waals surface area contributed by atoms with Gasteiger partial charge in [-0.25, -0.2) is 0 Å². The van der Waals surface area contributed by atoms with Crippen LogP contribution in [-0.4, -0.2) is 17.4 Å². The van der Waals surface area contributed by atoms with Gasteiger partial charge in [-0.05, 0) is 36.4 Å². The number of carbonyl (C=O) groups excluding carboxylic acids is 1. The van der Waals surface area contributed by atoms with Crippen molar-refractivity contribution in [2.75, 3.05) is 0 Å². The Hall–Kier alpha value is -2.37. The second kappa shape index (κ2) is 5.73. The van der Waals surface area contributed by atoms with Crippen LogP contribution < -0.4 is 4.74 Å². The van der Waals surface area contributed by atoms with Crippen molar-refractivity contribution in [2.45, 2.75) is 12.3 Å². The molecule has 0 saturated carbocycles. The quantitative estimate of drug-likeness (QED) is 0.804. The van der Waals surface area contributed by atoms with E-state index in [0.29, 0.717) is 11.8 Å². The van der Waals surface area contributed by atoms with Gasteiger partial charge in [-0.3, -0.25) is 9.78 Å². The molecule has 0 saturated heterocycles. The molecule has 0 radical (unpaired) electrons. The average molecular weight is 281 g/mol. The number of nitrogens with zero attached hydrogens (tertiary/aromatic N) is 1. The van der Waals surface area contributed by atoms with Gasteiger partial charge in [-0.2, -0.15) is 13.2 Å². The molecule has 0 amide bonds. The lowest BCUT2D eigenvalue weighted by molar-refractivity contribution is -0.198. The Morgan fingerprint density at radius 1 is 1.05 bits per heavy atom. The Kier molecular flexibility index (Phi) is 4.02. The molecule has 2 rings (SSSR count).